The molecular formula is C10H15N3. The predicted octanol–water partition coefficient (Wildman–Crippen LogP) is 1.60. The molecule has 3 heteroatoms. The summed E-state index contributed by atoms with van der Waals surface area (Å²) in [4.78, 5) is 0. The van der Waals surface area contributed by atoms with Crippen molar-refractivity contribution in [2.75, 3.05) is 12.0 Å². The molecule has 1 rings (SSSR count). The molecular weight excluding hydrogens is 162 g/mol. The Morgan fingerprint density at radius 1 is 1.31 bits per heavy atom. The molecule has 0 saturated heterocycles. The second-order valence-corrected chi connectivity index (χ2v) is 2.79. The van der Waals surface area contributed by atoms with Crippen LogP contribution in [0.3, 0.4) is 0 Å². The van der Waals surface area contributed by atoms with Crippen LogP contribution in [0, 0.1) is 6.92 Å². The van der Waals surface area contributed by atoms with Crippen molar-refractivity contribution in [2.45, 2.75) is 6.92 Å². The van der Waals surface area contributed by atoms with Crippen molar-refractivity contribution in [3.8, 4) is 0 Å². The van der Waals surface area contributed by atoms with E-state index in [2.05, 4.69) is 42.0 Å². The summed E-state index contributed by atoms with van der Waals surface area (Å²) in [7, 11) is 0. The fraction of sp³-hybridized carbons (Fsp3) is 0.200. The normalized spacial score (nSPS) is 9.62. The first kappa shape index (κ1) is 9.77. The number of hydrogen-bond donors (Lipinski definition) is 3. The third-order valence-corrected chi connectivity index (χ3v) is 1.59. The van der Waals surface area contributed by atoms with Gasteiger partial charge in [0.1, 0.15) is 0 Å². The summed E-state index contributed by atoms with van der Waals surface area (Å²) in [5, 5.41) is 0. The Balaban J connectivity index is 2.28. The molecule has 0 heterocycles. The molecule has 0 aliphatic carbocycles. The van der Waals surface area contributed by atoms with Gasteiger partial charge in [-0.3, -0.25) is 0 Å². The zero-order valence-electron chi connectivity index (χ0n) is 7.80. The fourth-order valence-electron chi connectivity index (χ4n) is 0.876. The van der Waals surface area contributed by atoms with Gasteiger partial charge in [0.05, 0.1) is 5.69 Å². The third kappa shape index (κ3) is 3.73. The van der Waals surface area contributed by atoms with E-state index in [1.807, 2.05) is 12.1 Å². The molecule has 1 aromatic rings. The summed E-state index contributed by atoms with van der Waals surface area (Å²) in [6, 6.07) is 8.13. The largest absolute Gasteiger partial charge is 0.308 e. The molecule has 0 spiro atoms. The van der Waals surface area contributed by atoms with Crippen LogP contribution in [0.25, 0.3) is 0 Å². The Morgan fingerprint density at radius 2 is 2.00 bits per heavy atom. The van der Waals surface area contributed by atoms with Gasteiger partial charge >= 0.3 is 0 Å². The summed E-state index contributed by atoms with van der Waals surface area (Å²) in [5.74, 6) is 0. The second-order valence-electron chi connectivity index (χ2n) is 2.79. The first-order valence-electron chi connectivity index (χ1n) is 4.24. The van der Waals surface area contributed by atoms with E-state index in [0.29, 0.717) is 0 Å². The molecule has 0 unspecified atom stereocenters. The highest BCUT2D eigenvalue weighted by atomic mass is 15.6. The van der Waals surface area contributed by atoms with Gasteiger partial charge in [-0.05, 0) is 19.1 Å². The lowest BCUT2D eigenvalue weighted by atomic mass is 10.2. The number of aryl methyl sites for hydroxylation is 1. The fourth-order valence-corrected chi connectivity index (χ4v) is 0.876. The minimum Gasteiger partial charge on any atom is -0.308 e. The molecule has 1 aromatic carbocycles. The molecule has 0 amide bonds. The molecule has 0 radical (unpaired) electrons. The SMILES string of the molecule is C=CCNNNc1ccc(C)cc1. The van der Waals surface area contributed by atoms with Gasteiger partial charge in [-0.1, -0.05) is 23.8 Å². The number of rotatable bonds is 5. The average molecular weight is 177 g/mol. The number of nitrogens with one attached hydrogen (secondary N) is 3. The van der Waals surface area contributed by atoms with E-state index in [1.54, 1.807) is 6.08 Å². The van der Waals surface area contributed by atoms with Crippen molar-refractivity contribution in [3.63, 3.8) is 0 Å². The molecule has 0 atom stereocenters. The number of anilines is 1. The monoisotopic (exact) mass is 177 g/mol. The number of benzene rings is 1. The van der Waals surface area contributed by atoms with Gasteiger partial charge in [-0.2, -0.15) is 5.53 Å². The Labute approximate surface area is 78.8 Å². The van der Waals surface area contributed by atoms with Crippen LogP contribution in [-0.4, -0.2) is 6.54 Å². The topological polar surface area (TPSA) is 36.1 Å². The van der Waals surface area contributed by atoms with Gasteiger partial charge in [0, 0.05) is 6.54 Å². The maximum atomic E-state index is 3.59. The quantitative estimate of drug-likeness (QED) is 0.363. The highest BCUT2D eigenvalue weighted by Crippen LogP contribution is 2.06. The smallest absolute Gasteiger partial charge is 0.0501 e. The van der Waals surface area contributed by atoms with E-state index in [9.17, 15) is 0 Å². The summed E-state index contributed by atoms with van der Waals surface area (Å²) in [6.07, 6.45) is 1.78. The molecule has 0 fully saturated rings. The van der Waals surface area contributed by atoms with Gasteiger partial charge in [0.15, 0.2) is 0 Å². The molecule has 0 aromatic heterocycles. The zero-order chi connectivity index (χ0) is 9.52. The summed E-state index contributed by atoms with van der Waals surface area (Å²) >= 11 is 0. The van der Waals surface area contributed by atoms with Crippen molar-refractivity contribution in [3.05, 3.63) is 42.5 Å². The standard InChI is InChI=1S/C10H15N3/c1-3-8-11-13-12-10-6-4-9(2)5-7-10/h3-7,11-13H,1,8H2,2H3. The third-order valence-electron chi connectivity index (χ3n) is 1.59. The molecule has 0 bridgehead atoms. The van der Waals surface area contributed by atoms with Gasteiger partial charge in [0.25, 0.3) is 0 Å². The highest BCUT2D eigenvalue weighted by Gasteiger charge is 1.87. The Morgan fingerprint density at radius 3 is 2.62 bits per heavy atom. The van der Waals surface area contributed by atoms with E-state index >= 15 is 0 Å². The van der Waals surface area contributed by atoms with Crippen molar-refractivity contribution >= 4 is 5.69 Å². The summed E-state index contributed by atoms with van der Waals surface area (Å²) < 4.78 is 0. The van der Waals surface area contributed by atoms with Crippen LogP contribution in [-0.2, 0) is 0 Å². The lowest BCUT2D eigenvalue weighted by Crippen LogP contribution is -2.36. The molecule has 0 aliphatic heterocycles. The number of hydrogen-bond acceptors (Lipinski definition) is 3. The molecule has 70 valence electrons. The van der Waals surface area contributed by atoms with Crippen molar-refractivity contribution in [1.29, 1.82) is 0 Å². The summed E-state index contributed by atoms with van der Waals surface area (Å²) in [5.41, 5.74) is 11.1. The second kappa shape index (κ2) is 5.35. The predicted molar refractivity (Wildman–Crippen MR) is 56.1 cm³/mol. The lowest BCUT2D eigenvalue weighted by molar-refractivity contribution is 0.638. The van der Waals surface area contributed by atoms with E-state index in [1.165, 1.54) is 5.56 Å². The van der Waals surface area contributed by atoms with Gasteiger partial charge < -0.3 is 5.43 Å². The minimum absolute atomic E-state index is 0.721. The van der Waals surface area contributed by atoms with E-state index < -0.39 is 0 Å². The van der Waals surface area contributed by atoms with Crippen molar-refractivity contribution < 1.29 is 0 Å². The Hall–Kier alpha value is -1.32. The van der Waals surface area contributed by atoms with Crippen LogP contribution in [0.5, 0.6) is 0 Å². The minimum atomic E-state index is 0.721. The average Bonchev–Trinajstić information content (AvgIpc) is 2.15. The molecule has 3 nitrogen and oxygen atoms in total. The molecule has 13 heavy (non-hydrogen) atoms. The molecule has 0 aliphatic rings. The first-order valence-corrected chi connectivity index (χ1v) is 4.24. The van der Waals surface area contributed by atoms with Gasteiger partial charge in [-0.15, -0.1) is 6.58 Å². The van der Waals surface area contributed by atoms with Crippen LogP contribution in [0.15, 0.2) is 36.9 Å². The van der Waals surface area contributed by atoms with Gasteiger partial charge in [-0.25, -0.2) is 5.43 Å². The maximum absolute atomic E-state index is 3.59. The van der Waals surface area contributed by atoms with Crippen LogP contribution in [0.2, 0.25) is 0 Å². The van der Waals surface area contributed by atoms with E-state index in [4.69, 9.17) is 0 Å². The van der Waals surface area contributed by atoms with Crippen LogP contribution >= 0.6 is 0 Å². The Bertz CT molecular complexity index is 253. The van der Waals surface area contributed by atoms with E-state index in [0.717, 1.165) is 12.2 Å². The van der Waals surface area contributed by atoms with Gasteiger partial charge in [0.2, 0.25) is 0 Å². The number of hydrazine groups is 2. The van der Waals surface area contributed by atoms with Crippen LogP contribution in [0.1, 0.15) is 5.56 Å². The summed E-state index contributed by atoms with van der Waals surface area (Å²) in [6.45, 7) is 6.37. The lowest BCUT2D eigenvalue weighted by Gasteiger charge is -2.07. The van der Waals surface area contributed by atoms with Crippen LogP contribution in [0.4, 0.5) is 5.69 Å². The van der Waals surface area contributed by atoms with Crippen molar-refractivity contribution in [2.24, 2.45) is 0 Å². The first-order chi connectivity index (χ1) is 6.33. The van der Waals surface area contributed by atoms with Crippen molar-refractivity contribution in [1.82, 2.24) is 11.0 Å². The highest BCUT2D eigenvalue weighted by molar-refractivity contribution is 5.43. The zero-order valence-corrected chi connectivity index (χ0v) is 7.80. The Kier molecular flexibility index (Phi) is 4.02. The van der Waals surface area contributed by atoms with Crippen LogP contribution < -0.4 is 16.4 Å². The maximum Gasteiger partial charge on any atom is 0.0501 e. The molecule has 3 N–H and O–H groups in total. The molecule has 0 saturated carbocycles. The van der Waals surface area contributed by atoms with E-state index in [-0.39, 0.29) is 0 Å².